The molecule has 0 aliphatic carbocycles. The Bertz CT molecular complexity index is 1260. The van der Waals surface area contributed by atoms with E-state index < -0.39 is 69.7 Å². The van der Waals surface area contributed by atoms with Crippen molar-refractivity contribution in [2.75, 3.05) is 13.2 Å². The molecule has 0 spiro atoms. The maximum Gasteiger partial charge on any atom is 0.429 e. The lowest BCUT2D eigenvalue weighted by Gasteiger charge is -2.30. The van der Waals surface area contributed by atoms with Crippen molar-refractivity contribution in [3.8, 4) is 16.9 Å². The molecule has 3 nitrogen and oxygen atoms in total. The van der Waals surface area contributed by atoms with Gasteiger partial charge in [-0.2, -0.15) is 8.78 Å². The highest BCUT2D eigenvalue weighted by Crippen LogP contribution is 2.38. The lowest BCUT2D eigenvalue weighted by atomic mass is 10.0. The number of alkyl halides is 2. The SMILES string of the molecule is CCCCC1COC(c2ccc(C(F)(F)Oc3cc(F)c(-c4cc(F)c(F)c(F)c4)c(F)c3)c(F)c2)OC1. The molecule has 11 heteroatoms. The Morgan fingerprint density at radius 3 is 1.97 bits per heavy atom. The number of benzene rings is 3. The molecular formula is C27H22F8O3. The quantitative estimate of drug-likeness (QED) is 0.211. The van der Waals surface area contributed by atoms with Crippen molar-refractivity contribution in [1.82, 2.24) is 0 Å². The van der Waals surface area contributed by atoms with Gasteiger partial charge in [0.1, 0.15) is 23.2 Å². The summed E-state index contributed by atoms with van der Waals surface area (Å²) in [7, 11) is 0. The van der Waals surface area contributed by atoms with Gasteiger partial charge in [-0.25, -0.2) is 26.3 Å². The zero-order valence-corrected chi connectivity index (χ0v) is 20.0. The van der Waals surface area contributed by atoms with Crippen LogP contribution in [0.4, 0.5) is 35.1 Å². The molecule has 1 saturated heterocycles. The van der Waals surface area contributed by atoms with Gasteiger partial charge in [0.2, 0.25) is 0 Å². The monoisotopic (exact) mass is 546 g/mol. The Balaban J connectivity index is 1.51. The minimum Gasteiger partial charge on any atom is -0.429 e. The molecule has 0 unspecified atom stereocenters. The van der Waals surface area contributed by atoms with Crippen LogP contribution in [0, 0.1) is 40.8 Å². The molecule has 1 aliphatic heterocycles. The van der Waals surface area contributed by atoms with Crippen molar-refractivity contribution in [2.24, 2.45) is 5.92 Å². The fourth-order valence-corrected chi connectivity index (χ4v) is 4.10. The van der Waals surface area contributed by atoms with Gasteiger partial charge in [0.25, 0.3) is 0 Å². The smallest absolute Gasteiger partial charge is 0.429 e. The summed E-state index contributed by atoms with van der Waals surface area (Å²) >= 11 is 0. The van der Waals surface area contributed by atoms with Crippen LogP contribution in [0.1, 0.15) is 43.6 Å². The molecule has 4 rings (SSSR count). The average molecular weight is 546 g/mol. The number of rotatable bonds is 8. The van der Waals surface area contributed by atoms with Crippen LogP contribution >= 0.6 is 0 Å². The Labute approximate surface area is 212 Å². The highest BCUT2D eigenvalue weighted by atomic mass is 19.3. The predicted molar refractivity (Wildman–Crippen MR) is 120 cm³/mol. The van der Waals surface area contributed by atoms with E-state index in [4.69, 9.17) is 9.47 Å². The van der Waals surface area contributed by atoms with Crippen LogP contribution < -0.4 is 4.74 Å². The van der Waals surface area contributed by atoms with E-state index in [1.807, 2.05) is 0 Å². The van der Waals surface area contributed by atoms with Gasteiger partial charge in [0.15, 0.2) is 23.7 Å². The van der Waals surface area contributed by atoms with E-state index in [-0.39, 0.29) is 11.5 Å². The third-order valence-corrected chi connectivity index (χ3v) is 6.05. The lowest BCUT2D eigenvalue weighted by Crippen LogP contribution is -2.27. The minimum atomic E-state index is -4.36. The van der Waals surface area contributed by atoms with Crippen LogP contribution in [0.15, 0.2) is 42.5 Å². The summed E-state index contributed by atoms with van der Waals surface area (Å²) in [5.41, 5.74) is -2.76. The van der Waals surface area contributed by atoms with E-state index in [9.17, 15) is 35.1 Å². The lowest BCUT2D eigenvalue weighted by molar-refractivity contribution is -0.206. The van der Waals surface area contributed by atoms with Crippen molar-refractivity contribution in [3.05, 3.63) is 88.5 Å². The number of halogens is 8. The first-order valence-corrected chi connectivity index (χ1v) is 11.7. The summed E-state index contributed by atoms with van der Waals surface area (Å²) in [5.74, 6) is -10.5. The Morgan fingerprint density at radius 2 is 1.42 bits per heavy atom. The Morgan fingerprint density at radius 1 is 0.816 bits per heavy atom. The number of unbranched alkanes of at least 4 members (excludes halogenated alkanes) is 1. The topological polar surface area (TPSA) is 27.7 Å². The second kappa shape index (κ2) is 11.3. The largest absolute Gasteiger partial charge is 0.429 e. The van der Waals surface area contributed by atoms with Gasteiger partial charge in [-0.1, -0.05) is 25.8 Å². The van der Waals surface area contributed by atoms with Crippen LogP contribution in [-0.2, 0) is 15.6 Å². The van der Waals surface area contributed by atoms with Crippen LogP contribution in [-0.4, -0.2) is 13.2 Å². The Kier molecular flexibility index (Phi) is 8.27. The van der Waals surface area contributed by atoms with Crippen LogP contribution in [0.2, 0.25) is 0 Å². The first kappa shape index (κ1) is 27.8. The average Bonchev–Trinajstić information content (AvgIpc) is 2.85. The van der Waals surface area contributed by atoms with Crippen LogP contribution in [0.25, 0.3) is 11.1 Å². The first-order valence-electron chi connectivity index (χ1n) is 11.7. The second-order valence-electron chi connectivity index (χ2n) is 8.88. The summed E-state index contributed by atoms with van der Waals surface area (Å²) in [5, 5.41) is 0. The highest BCUT2D eigenvalue weighted by Gasteiger charge is 2.39. The molecule has 0 aromatic heterocycles. The van der Waals surface area contributed by atoms with Crippen molar-refractivity contribution in [2.45, 2.75) is 38.6 Å². The van der Waals surface area contributed by atoms with Crippen LogP contribution in [0.5, 0.6) is 5.75 Å². The van der Waals surface area contributed by atoms with Crippen molar-refractivity contribution in [1.29, 1.82) is 0 Å². The molecule has 0 saturated carbocycles. The second-order valence-corrected chi connectivity index (χ2v) is 8.88. The van der Waals surface area contributed by atoms with Gasteiger partial charge < -0.3 is 14.2 Å². The van der Waals surface area contributed by atoms with Gasteiger partial charge in [-0.15, -0.1) is 0 Å². The zero-order valence-electron chi connectivity index (χ0n) is 20.0. The predicted octanol–water partition coefficient (Wildman–Crippen LogP) is 8.17. The summed E-state index contributed by atoms with van der Waals surface area (Å²) in [6.45, 7) is 2.80. The van der Waals surface area contributed by atoms with Gasteiger partial charge in [-0.05, 0) is 36.2 Å². The standard InChI is InChI=1S/C27H22F8O3/c1-2-3-4-14-12-36-26(37-13-14)15-5-6-18(19(28)7-15)27(34,35)38-17-10-20(29)24(21(30)11-17)16-8-22(31)25(33)23(32)9-16/h5-11,14,26H,2-4,12-13H2,1H3. The minimum absolute atomic E-state index is 0.163. The summed E-state index contributed by atoms with van der Waals surface area (Å²) in [6.07, 6.45) is -2.39. The summed E-state index contributed by atoms with van der Waals surface area (Å²) in [4.78, 5) is 0. The van der Waals surface area contributed by atoms with E-state index in [1.165, 1.54) is 0 Å². The highest BCUT2D eigenvalue weighted by molar-refractivity contribution is 5.66. The third kappa shape index (κ3) is 5.94. The molecule has 204 valence electrons. The van der Waals surface area contributed by atoms with Gasteiger partial charge in [-0.3, -0.25) is 0 Å². The van der Waals surface area contributed by atoms with Gasteiger partial charge >= 0.3 is 6.11 Å². The molecule has 0 amide bonds. The number of ether oxygens (including phenoxy) is 3. The van der Waals surface area contributed by atoms with E-state index in [0.29, 0.717) is 37.5 Å². The molecule has 0 atom stereocenters. The summed E-state index contributed by atoms with van der Waals surface area (Å²) in [6, 6.07) is 4.05. The molecule has 1 aliphatic rings. The molecule has 1 heterocycles. The fourth-order valence-electron chi connectivity index (χ4n) is 4.10. The normalized spacial score (nSPS) is 18.0. The van der Waals surface area contributed by atoms with Gasteiger partial charge in [0.05, 0.1) is 24.3 Å². The van der Waals surface area contributed by atoms with Crippen LogP contribution in [0.3, 0.4) is 0 Å². The van der Waals surface area contributed by atoms with E-state index in [1.54, 1.807) is 0 Å². The van der Waals surface area contributed by atoms with E-state index in [0.717, 1.165) is 37.5 Å². The van der Waals surface area contributed by atoms with Crippen molar-refractivity contribution in [3.63, 3.8) is 0 Å². The molecule has 1 fully saturated rings. The third-order valence-electron chi connectivity index (χ3n) is 6.05. The van der Waals surface area contributed by atoms with Gasteiger partial charge in [0, 0.05) is 23.6 Å². The molecule has 3 aromatic carbocycles. The molecular weight excluding hydrogens is 524 g/mol. The molecule has 0 bridgehead atoms. The number of hydrogen-bond donors (Lipinski definition) is 0. The maximum atomic E-state index is 14.8. The molecule has 3 aromatic rings. The molecule has 0 N–H and O–H groups in total. The molecule has 0 radical (unpaired) electrons. The fraction of sp³-hybridized carbons (Fsp3) is 0.333. The van der Waals surface area contributed by atoms with Crippen molar-refractivity contribution < 1.29 is 49.3 Å². The Hall–Kier alpha value is -3.18. The maximum absolute atomic E-state index is 14.8. The van der Waals surface area contributed by atoms with Crippen molar-refractivity contribution >= 4 is 0 Å². The zero-order chi connectivity index (χ0) is 27.6. The van der Waals surface area contributed by atoms with E-state index >= 15 is 0 Å². The van der Waals surface area contributed by atoms with E-state index in [2.05, 4.69) is 11.7 Å². The molecule has 38 heavy (non-hydrogen) atoms. The summed E-state index contributed by atoms with van der Waals surface area (Å²) < 4.78 is 129. The number of hydrogen-bond acceptors (Lipinski definition) is 3. The first-order chi connectivity index (χ1) is 18.0.